The second-order valence-electron chi connectivity index (χ2n) is 5.23. The zero-order chi connectivity index (χ0) is 13.9. The van der Waals surface area contributed by atoms with Crippen molar-refractivity contribution in [2.45, 2.75) is 65.2 Å². The fourth-order valence-electron chi connectivity index (χ4n) is 2.19. The van der Waals surface area contributed by atoms with Gasteiger partial charge in [0.1, 0.15) is 11.6 Å². The molecule has 108 valence electrons. The summed E-state index contributed by atoms with van der Waals surface area (Å²) in [5.74, 6) is 0.612. The lowest BCUT2D eigenvalue weighted by Gasteiger charge is -2.08. The van der Waals surface area contributed by atoms with Crippen LogP contribution in [-0.2, 0) is 0 Å². The summed E-state index contributed by atoms with van der Waals surface area (Å²) in [4.78, 5) is 0. The van der Waals surface area contributed by atoms with Gasteiger partial charge in [-0.1, -0.05) is 51.9 Å². The molecule has 0 aliphatic rings. The highest BCUT2D eigenvalue weighted by Crippen LogP contribution is 2.18. The summed E-state index contributed by atoms with van der Waals surface area (Å²) in [6.07, 6.45) is 10.4. The second-order valence-corrected chi connectivity index (χ2v) is 5.23. The van der Waals surface area contributed by atoms with Crippen LogP contribution in [-0.4, -0.2) is 6.61 Å². The first-order valence-corrected chi connectivity index (χ1v) is 7.63. The molecule has 19 heavy (non-hydrogen) atoms. The molecule has 1 nitrogen and oxygen atoms in total. The number of halogens is 1. The summed E-state index contributed by atoms with van der Waals surface area (Å²) in [6.45, 7) is 4.86. The molecule has 0 N–H and O–H groups in total. The molecule has 0 bridgehead atoms. The molecule has 2 heteroatoms. The van der Waals surface area contributed by atoms with Gasteiger partial charge in [-0.15, -0.1) is 0 Å². The van der Waals surface area contributed by atoms with Crippen molar-refractivity contribution in [2.24, 2.45) is 0 Å². The average molecular weight is 266 g/mol. The zero-order valence-electron chi connectivity index (χ0n) is 12.4. The number of hydrogen-bond acceptors (Lipinski definition) is 1. The van der Waals surface area contributed by atoms with Gasteiger partial charge in [-0.05, 0) is 37.1 Å². The van der Waals surface area contributed by atoms with E-state index in [1.165, 1.54) is 57.1 Å². The fraction of sp³-hybridized carbons (Fsp3) is 0.647. The summed E-state index contributed by atoms with van der Waals surface area (Å²) >= 11 is 0. The highest BCUT2D eigenvalue weighted by molar-refractivity contribution is 5.32. The number of aryl methyl sites for hydroxylation is 1. The molecule has 1 rings (SSSR count). The van der Waals surface area contributed by atoms with Crippen molar-refractivity contribution in [3.63, 3.8) is 0 Å². The van der Waals surface area contributed by atoms with E-state index in [4.69, 9.17) is 4.74 Å². The van der Waals surface area contributed by atoms with Gasteiger partial charge in [0, 0.05) is 0 Å². The van der Waals surface area contributed by atoms with Crippen molar-refractivity contribution in [1.29, 1.82) is 0 Å². The molecular formula is C17H27FO. The minimum absolute atomic E-state index is 0.197. The van der Waals surface area contributed by atoms with Crippen LogP contribution in [0, 0.1) is 12.7 Å². The predicted molar refractivity (Wildman–Crippen MR) is 79.2 cm³/mol. The topological polar surface area (TPSA) is 9.23 Å². The predicted octanol–water partition coefficient (Wildman–Crippen LogP) is 5.65. The maximum atomic E-state index is 12.9. The summed E-state index contributed by atoms with van der Waals surface area (Å²) in [6, 6.07) is 4.69. The molecule has 0 heterocycles. The molecule has 0 unspecified atom stereocenters. The molecule has 1 aromatic carbocycles. The molecule has 1 aromatic rings. The van der Waals surface area contributed by atoms with Crippen molar-refractivity contribution in [3.8, 4) is 5.75 Å². The lowest BCUT2D eigenvalue weighted by atomic mass is 10.1. The Bertz CT molecular complexity index is 349. The second kappa shape index (κ2) is 9.82. The summed E-state index contributed by atoms with van der Waals surface area (Å²) in [7, 11) is 0. The van der Waals surface area contributed by atoms with Gasteiger partial charge < -0.3 is 4.74 Å². The van der Waals surface area contributed by atoms with Crippen LogP contribution in [0.3, 0.4) is 0 Å². The molecule has 0 saturated carbocycles. The SMILES string of the molecule is CCCCCCCCCCOc1ccc(F)cc1C. The maximum absolute atomic E-state index is 12.9. The van der Waals surface area contributed by atoms with Gasteiger partial charge in [-0.25, -0.2) is 4.39 Å². The van der Waals surface area contributed by atoms with Crippen molar-refractivity contribution in [1.82, 2.24) is 0 Å². The normalized spacial score (nSPS) is 10.7. The van der Waals surface area contributed by atoms with Crippen molar-refractivity contribution < 1.29 is 9.13 Å². The standard InChI is InChI=1S/C17H27FO/c1-3-4-5-6-7-8-9-10-13-19-17-12-11-16(18)14-15(17)2/h11-12,14H,3-10,13H2,1-2H3. The minimum atomic E-state index is -0.197. The van der Waals surface area contributed by atoms with Crippen LogP contribution in [0.5, 0.6) is 5.75 Å². The van der Waals surface area contributed by atoms with Gasteiger partial charge in [0.15, 0.2) is 0 Å². The van der Waals surface area contributed by atoms with Crippen LogP contribution in [0.4, 0.5) is 4.39 Å². The van der Waals surface area contributed by atoms with E-state index in [0.29, 0.717) is 0 Å². The Hall–Kier alpha value is -1.05. The highest BCUT2D eigenvalue weighted by Gasteiger charge is 2.00. The van der Waals surface area contributed by atoms with E-state index in [1.807, 2.05) is 6.92 Å². The number of benzene rings is 1. The summed E-state index contributed by atoms with van der Waals surface area (Å²) < 4.78 is 18.6. The van der Waals surface area contributed by atoms with E-state index in [-0.39, 0.29) is 5.82 Å². The molecule has 0 aliphatic carbocycles. The molecule has 0 spiro atoms. The third-order valence-electron chi connectivity index (χ3n) is 3.39. The van der Waals surface area contributed by atoms with Gasteiger partial charge in [0.05, 0.1) is 6.61 Å². The van der Waals surface area contributed by atoms with E-state index in [9.17, 15) is 4.39 Å². The Kier molecular flexibility index (Phi) is 8.28. The lowest BCUT2D eigenvalue weighted by molar-refractivity contribution is 0.302. The van der Waals surface area contributed by atoms with Crippen LogP contribution >= 0.6 is 0 Å². The Labute approximate surface area is 117 Å². The third-order valence-corrected chi connectivity index (χ3v) is 3.39. The molecule has 0 aliphatic heterocycles. The number of unbranched alkanes of at least 4 members (excludes halogenated alkanes) is 7. The Morgan fingerprint density at radius 3 is 2.21 bits per heavy atom. The molecule has 0 radical (unpaired) electrons. The Morgan fingerprint density at radius 2 is 1.58 bits per heavy atom. The van der Waals surface area contributed by atoms with Crippen LogP contribution in [0.25, 0.3) is 0 Å². The number of rotatable bonds is 10. The van der Waals surface area contributed by atoms with Crippen molar-refractivity contribution >= 4 is 0 Å². The first kappa shape index (κ1) is 16.0. The minimum Gasteiger partial charge on any atom is -0.493 e. The van der Waals surface area contributed by atoms with Gasteiger partial charge in [-0.2, -0.15) is 0 Å². The van der Waals surface area contributed by atoms with E-state index in [0.717, 1.165) is 24.3 Å². The van der Waals surface area contributed by atoms with Gasteiger partial charge in [0.25, 0.3) is 0 Å². The molecule has 0 aromatic heterocycles. The first-order valence-electron chi connectivity index (χ1n) is 7.63. The maximum Gasteiger partial charge on any atom is 0.123 e. The molecule has 0 amide bonds. The summed E-state index contributed by atoms with van der Waals surface area (Å²) in [5.41, 5.74) is 0.875. The van der Waals surface area contributed by atoms with Crippen LogP contribution in [0.2, 0.25) is 0 Å². The highest BCUT2D eigenvalue weighted by atomic mass is 19.1. The van der Waals surface area contributed by atoms with Crippen molar-refractivity contribution in [3.05, 3.63) is 29.6 Å². The van der Waals surface area contributed by atoms with Crippen molar-refractivity contribution in [2.75, 3.05) is 6.61 Å². The largest absolute Gasteiger partial charge is 0.493 e. The summed E-state index contributed by atoms with van der Waals surface area (Å²) in [5, 5.41) is 0. The average Bonchev–Trinajstić information content (AvgIpc) is 2.39. The van der Waals surface area contributed by atoms with Crippen LogP contribution in [0.15, 0.2) is 18.2 Å². The quantitative estimate of drug-likeness (QED) is 0.497. The molecular weight excluding hydrogens is 239 g/mol. The Balaban J connectivity index is 2.01. The number of ether oxygens (including phenoxy) is 1. The molecule has 0 fully saturated rings. The lowest BCUT2D eigenvalue weighted by Crippen LogP contribution is -1.99. The van der Waals surface area contributed by atoms with E-state index >= 15 is 0 Å². The van der Waals surface area contributed by atoms with E-state index in [1.54, 1.807) is 6.07 Å². The van der Waals surface area contributed by atoms with Gasteiger partial charge in [0.2, 0.25) is 0 Å². The monoisotopic (exact) mass is 266 g/mol. The molecule has 0 saturated heterocycles. The molecule has 0 atom stereocenters. The van der Waals surface area contributed by atoms with Gasteiger partial charge in [-0.3, -0.25) is 0 Å². The van der Waals surface area contributed by atoms with E-state index < -0.39 is 0 Å². The van der Waals surface area contributed by atoms with Crippen LogP contribution in [0.1, 0.15) is 63.9 Å². The van der Waals surface area contributed by atoms with Gasteiger partial charge >= 0.3 is 0 Å². The van der Waals surface area contributed by atoms with Crippen LogP contribution < -0.4 is 4.74 Å². The van der Waals surface area contributed by atoms with E-state index in [2.05, 4.69) is 6.92 Å². The fourth-order valence-corrected chi connectivity index (χ4v) is 2.19. The Morgan fingerprint density at radius 1 is 0.947 bits per heavy atom. The third kappa shape index (κ3) is 7.19. The first-order chi connectivity index (χ1) is 9.24. The zero-order valence-corrected chi connectivity index (χ0v) is 12.4. The smallest absolute Gasteiger partial charge is 0.123 e. The number of hydrogen-bond donors (Lipinski definition) is 0.